The average molecular weight is 671 g/mol. The Bertz CT molecular complexity index is 2210. The van der Waals surface area contributed by atoms with E-state index in [1.54, 1.807) is 13.1 Å². The minimum Gasteiger partial charge on any atom is -0.481 e. The summed E-state index contributed by atoms with van der Waals surface area (Å²) in [5.74, 6) is 0.239. The van der Waals surface area contributed by atoms with Crippen molar-refractivity contribution in [1.82, 2.24) is 25.2 Å². The molecule has 0 radical (unpaired) electrons. The molecule has 0 bridgehead atoms. The summed E-state index contributed by atoms with van der Waals surface area (Å²) < 4.78 is 6.40. The van der Waals surface area contributed by atoms with Gasteiger partial charge in [-0.1, -0.05) is 30.3 Å². The highest BCUT2D eigenvalue weighted by molar-refractivity contribution is 5.91. The maximum Gasteiger partial charge on any atom is 0.307 e. The highest BCUT2D eigenvalue weighted by Crippen LogP contribution is 2.38. The van der Waals surface area contributed by atoms with E-state index in [9.17, 15) is 15.0 Å². The van der Waals surface area contributed by atoms with Crippen molar-refractivity contribution in [3.63, 3.8) is 0 Å². The maximum absolute atomic E-state index is 11.4. The van der Waals surface area contributed by atoms with Crippen LogP contribution < -0.4 is 10.6 Å². The lowest BCUT2D eigenvalue weighted by molar-refractivity contribution is -0.141. The Morgan fingerprint density at radius 3 is 2.56 bits per heavy atom. The number of benzene rings is 3. The summed E-state index contributed by atoms with van der Waals surface area (Å²) in [7, 11) is 0. The van der Waals surface area contributed by atoms with Crippen molar-refractivity contribution in [2.75, 3.05) is 25.0 Å². The Morgan fingerprint density at radius 2 is 1.78 bits per heavy atom. The minimum absolute atomic E-state index is 0.301. The van der Waals surface area contributed by atoms with Crippen molar-refractivity contribution in [3.05, 3.63) is 101 Å². The molecule has 1 saturated heterocycles. The average Bonchev–Trinajstić information content (AvgIpc) is 3.74. The molecule has 0 aliphatic carbocycles. The van der Waals surface area contributed by atoms with E-state index in [1.807, 2.05) is 37.4 Å². The zero-order valence-corrected chi connectivity index (χ0v) is 28.8. The molecule has 6 aromatic rings. The number of pyridine rings is 2. The summed E-state index contributed by atoms with van der Waals surface area (Å²) in [5, 5.41) is 26.7. The van der Waals surface area contributed by atoms with Gasteiger partial charge >= 0.3 is 5.97 Å². The number of fused-ring (bicyclic) bond motifs is 2. The number of oxazole rings is 1. The number of aryl methyl sites for hydroxylation is 1. The van der Waals surface area contributed by atoms with Crippen LogP contribution in [-0.4, -0.2) is 61.8 Å². The normalized spacial score (nSPS) is 15.6. The first-order chi connectivity index (χ1) is 24.1. The van der Waals surface area contributed by atoms with Gasteiger partial charge in [-0.25, -0.2) is 9.97 Å². The molecule has 3 aromatic carbocycles. The van der Waals surface area contributed by atoms with Crippen LogP contribution >= 0.6 is 0 Å². The monoisotopic (exact) mass is 670 g/mol. The molecule has 0 saturated carbocycles. The maximum atomic E-state index is 11.4. The molecule has 0 unspecified atom stereocenters. The molecule has 3 aromatic heterocycles. The number of nitrogens with zero attached hydrogens (tertiary/aromatic N) is 4. The molecule has 10 nitrogen and oxygen atoms in total. The SMILES string of the molecule is Cc1c(Nc2nccc3cc(CNC[C@H](C)O)cnc23)cccc1-c1cccc(-c2nc3cc(CN4CC[C@@H](C(=O)O)C4)cc(C)c3o2)c1C. The first kappa shape index (κ1) is 33.3. The van der Waals surface area contributed by atoms with Gasteiger partial charge < -0.3 is 25.3 Å². The van der Waals surface area contributed by atoms with Crippen LogP contribution in [0.25, 0.3) is 44.6 Å². The van der Waals surface area contributed by atoms with Crippen LogP contribution in [0.5, 0.6) is 0 Å². The molecule has 7 rings (SSSR count). The summed E-state index contributed by atoms with van der Waals surface area (Å²) in [4.78, 5) is 28.0. The van der Waals surface area contributed by atoms with Gasteiger partial charge in [0.25, 0.3) is 0 Å². The van der Waals surface area contributed by atoms with E-state index in [4.69, 9.17) is 14.4 Å². The van der Waals surface area contributed by atoms with E-state index in [2.05, 4.69) is 70.8 Å². The number of likely N-dealkylation sites (tertiary alicyclic amines) is 1. The summed E-state index contributed by atoms with van der Waals surface area (Å²) in [5.41, 5.74) is 11.7. The third-order valence-electron chi connectivity index (χ3n) is 9.63. The van der Waals surface area contributed by atoms with E-state index in [0.717, 1.165) is 78.7 Å². The zero-order chi connectivity index (χ0) is 34.9. The summed E-state index contributed by atoms with van der Waals surface area (Å²) >= 11 is 0. The first-order valence-corrected chi connectivity index (χ1v) is 17.1. The highest BCUT2D eigenvalue weighted by Gasteiger charge is 2.28. The predicted octanol–water partition coefficient (Wildman–Crippen LogP) is 7.15. The van der Waals surface area contributed by atoms with Crippen molar-refractivity contribution < 1.29 is 19.4 Å². The standard InChI is InChI=1S/C40H42N6O4/c1-23-15-27(21-46-14-12-30(22-46)40(48)49)17-35-37(23)50-39(45-35)33-9-5-7-31(25(33)3)32-8-6-10-34(26(32)4)44-38-36-29(11-13-42-38)16-28(20-43-36)19-41-18-24(2)47/h5-11,13,15-17,20,24,30,41,47H,12,14,18-19,21-22H2,1-4H3,(H,42,44)(H,48,49)/t24-,30+/m0/s1. The Hall–Kier alpha value is -5.16. The van der Waals surface area contributed by atoms with Crippen LogP contribution in [0, 0.1) is 26.7 Å². The Kier molecular flexibility index (Phi) is 9.33. The van der Waals surface area contributed by atoms with Crippen LogP contribution in [0.15, 0.2) is 77.5 Å². The number of carbonyl (C=O) groups is 1. The van der Waals surface area contributed by atoms with Crippen LogP contribution in [0.3, 0.4) is 0 Å². The molecule has 1 aliphatic heterocycles. The largest absolute Gasteiger partial charge is 0.481 e. The first-order valence-electron chi connectivity index (χ1n) is 17.1. The fraction of sp³-hybridized carbons (Fsp3) is 0.300. The summed E-state index contributed by atoms with van der Waals surface area (Å²) in [6.07, 6.45) is 3.91. The van der Waals surface area contributed by atoms with Gasteiger partial charge in [0.2, 0.25) is 5.89 Å². The van der Waals surface area contributed by atoms with Crippen molar-refractivity contribution >= 4 is 39.5 Å². The van der Waals surface area contributed by atoms with Crippen LogP contribution in [0.4, 0.5) is 11.5 Å². The van der Waals surface area contributed by atoms with Crippen LogP contribution in [0.1, 0.15) is 41.2 Å². The molecule has 4 N–H and O–H groups in total. The molecular weight excluding hydrogens is 628 g/mol. The molecule has 4 heterocycles. The van der Waals surface area contributed by atoms with Gasteiger partial charge in [-0.05, 0) is 110 Å². The van der Waals surface area contributed by atoms with E-state index in [1.165, 1.54) is 0 Å². The third kappa shape index (κ3) is 6.82. The van der Waals surface area contributed by atoms with Gasteiger partial charge in [0.05, 0.1) is 12.0 Å². The second-order valence-corrected chi connectivity index (χ2v) is 13.5. The molecule has 256 valence electrons. The van der Waals surface area contributed by atoms with Crippen molar-refractivity contribution in [1.29, 1.82) is 0 Å². The number of aromatic nitrogens is 3. The topological polar surface area (TPSA) is 137 Å². The molecule has 0 spiro atoms. The number of anilines is 2. The fourth-order valence-corrected chi connectivity index (χ4v) is 6.98. The van der Waals surface area contributed by atoms with E-state index in [-0.39, 0.29) is 5.92 Å². The molecule has 0 amide bonds. The van der Waals surface area contributed by atoms with Crippen molar-refractivity contribution in [2.45, 2.75) is 53.3 Å². The van der Waals surface area contributed by atoms with Crippen LogP contribution in [0.2, 0.25) is 0 Å². The molecule has 1 aliphatic rings. The van der Waals surface area contributed by atoms with Gasteiger partial charge in [0, 0.05) is 55.2 Å². The second-order valence-electron chi connectivity index (χ2n) is 13.5. The lowest BCUT2D eigenvalue weighted by Crippen LogP contribution is -2.23. The van der Waals surface area contributed by atoms with Gasteiger partial charge in [0.1, 0.15) is 11.0 Å². The number of carboxylic acids is 1. The van der Waals surface area contributed by atoms with E-state index in [0.29, 0.717) is 44.3 Å². The summed E-state index contributed by atoms with van der Waals surface area (Å²) in [6.45, 7) is 11.2. The van der Waals surface area contributed by atoms with Gasteiger partial charge in [-0.2, -0.15) is 0 Å². The fourth-order valence-electron chi connectivity index (χ4n) is 6.98. The number of aliphatic hydroxyl groups excluding tert-OH is 1. The van der Waals surface area contributed by atoms with Gasteiger partial charge in [-0.15, -0.1) is 0 Å². The number of aliphatic carboxylic acids is 1. The van der Waals surface area contributed by atoms with Crippen LogP contribution in [-0.2, 0) is 17.9 Å². The second kappa shape index (κ2) is 14.0. The molecule has 2 atom stereocenters. The third-order valence-corrected chi connectivity index (χ3v) is 9.63. The minimum atomic E-state index is -0.719. The zero-order valence-electron chi connectivity index (χ0n) is 28.8. The molecule has 10 heteroatoms. The molecular formula is C40H42N6O4. The summed E-state index contributed by atoms with van der Waals surface area (Å²) in [6, 6.07) is 20.7. The number of hydrogen-bond donors (Lipinski definition) is 4. The lowest BCUT2D eigenvalue weighted by atomic mass is 9.93. The number of carboxylic acid groups (broad SMARTS) is 1. The number of aliphatic hydroxyl groups is 1. The van der Waals surface area contributed by atoms with Crippen molar-refractivity contribution in [2.24, 2.45) is 5.92 Å². The van der Waals surface area contributed by atoms with E-state index >= 15 is 0 Å². The Balaban J connectivity index is 1.15. The molecule has 50 heavy (non-hydrogen) atoms. The smallest absolute Gasteiger partial charge is 0.307 e. The van der Waals surface area contributed by atoms with Gasteiger partial charge in [0.15, 0.2) is 11.4 Å². The Morgan fingerprint density at radius 1 is 1.00 bits per heavy atom. The van der Waals surface area contributed by atoms with E-state index < -0.39 is 12.1 Å². The number of hydrogen-bond acceptors (Lipinski definition) is 9. The Labute approximate surface area is 291 Å². The number of rotatable bonds is 11. The quantitative estimate of drug-likeness (QED) is 0.112. The highest BCUT2D eigenvalue weighted by atomic mass is 16.4. The lowest BCUT2D eigenvalue weighted by Gasteiger charge is -2.16. The predicted molar refractivity (Wildman–Crippen MR) is 196 cm³/mol. The molecule has 1 fully saturated rings. The van der Waals surface area contributed by atoms with Crippen molar-refractivity contribution in [3.8, 4) is 22.6 Å². The van der Waals surface area contributed by atoms with Gasteiger partial charge in [-0.3, -0.25) is 14.7 Å². The number of nitrogens with one attached hydrogen (secondary N) is 2.